The molecule has 0 radical (unpaired) electrons. The van der Waals surface area contributed by atoms with Crippen LogP contribution >= 0.6 is 0 Å². The highest BCUT2D eigenvalue weighted by atomic mass is 16.5. The zero-order valence-corrected chi connectivity index (χ0v) is 12.0. The summed E-state index contributed by atoms with van der Waals surface area (Å²) >= 11 is 0. The van der Waals surface area contributed by atoms with Crippen LogP contribution in [0.4, 0.5) is 0 Å². The summed E-state index contributed by atoms with van der Waals surface area (Å²) in [6, 6.07) is 11.6. The molecule has 0 atom stereocenters. The third-order valence-corrected chi connectivity index (χ3v) is 3.07. The number of aromatic carboxylic acids is 1. The van der Waals surface area contributed by atoms with E-state index >= 15 is 0 Å². The molecule has 0 unspecified atom stereocenters. The second-order valence-electron chi connectivity index (χ2n) is 4.56. The average molecular weight is 301 g/mol. The number of methoxy groups -OCH3 is 1. The van der Waals surface area contributed by atoms with Crippen molar-refractivity contribution < 1.29 is 19.4 Å². The fourth-order valence-corrected chi connectivity index (χ4v) is 1.91. The van der Waals surface area contributed by atoms with E-state index in [2.05, 4.69) is 5.18 Å². The van der Waals surface area contributed by atoms with E-state index in [1.807, 2.05) is 0 Å². The van der Waals surface area contributed by atoms with Crippen molar-refractivity contribution in [2.45, 2.75) is 13.2 Å². The summed E-state index contributed by atoms with van der Waals surface area (Å²) in [5.74, 6) is 0.0938. The maximum Gasteiger partial charge on any atom is 0.335 e. The standard InChI is InChI=1S/C16H15NO5/c1-21-15-8-12(9-17-20)4-7-14(15)22-10-11-2-5-13(6-3-11)16(18)19/h2-8H,9-10H2,1H3,(H,18,19). The molecule has 0 aliphatic heterocycles. The highest BCUT2D eigenvalue weighted by molar-refractivity contribution is 5.87. The lowest BCUT2D eigenvalue weighted by molar-refractivity contribution is 0.0697. The largest absolute Gasteiger partial charge is 0.493 e. The lowest BCUT2D eigenvalue weighted by Gasteiger charge is -2.11. The van der Waals surface area contributed by atoms with Crippen molar-refractivity contribution in [2.24, 2.45) is 5.18 Å². The lowest BCUT2D eigenvalue weighted by atomic mass is 10.1. The number of rotatable bonds is 7. The van der Waals surface area contributed by atoms with Crippen molar-refractivity contribution >= 4 is 5.97 Å². The normalized spacial score (nSPS) is 10.0. The molecule has 0 bridgehead atoms. The first-order chi connectivity index (χ1) is 10.6. The third kappa shape index (κ3) is 3.82. The molecule has 0 amide bonds. The number of carboxylic acid groups (broad SMARTS) is 1. The molecule has 2 aromatic carbocycles. The van der Waals surface area contributed by atoms with Crippen molar-refractivity contribution in [1.82, 2.24) is 0 Å². The molecule has 0 aliphatic carbocycles. The van der Waals surface area contributed by atoms with Crippen LogP contribution in [-0.4, -0.2) is 18.2 Å². The maximum absolute atomic E-state index is 10.8. The Kier molecular flexibility index (Phi) is 5.08. The second-order valence-corrected chi connectivity index (χ2v) is 4.56. The Morgan fingerprint density at radius 3 is 2.36 bits per heavy atom. The van der Waals surface area contributed by atoms with Crippen LogP contribution in [0.5, 0.6) is 11.5 Å². The van der Waals surface area contributed by atoms with Gasteiger partial charge in [0.15, 0.2) is 11.5 Å². The molecule has 2 rings (SSSR count). The summed E-state index contributed by atoms with van der Waals surface area (Å²) < 4.78 is 10.9. The minimum Gasteiger partial charge on any atom is -0.493 e. The first-order valence-corrected chi connectivity index (χ1v) is 6.55. The van der Waals surface area contributed by atoms with E-state index in [-0.39, 0.29) is 18.7 Å². The van der Waals surface area contributed by atoms with E-state index in [4.69, 9.17) is 14.6 Å². The zero-order valence-electron chi connectivity index (χ0n) is 12.0. The molecule has 2 aromatic rings. The molecule has 6 heteroatoms. The van der Waals surface area contributed by atoms with Gasteiger partial charge in [-0.3, -0.25) is 0 Å². The molecule has 114 valence electrons. The third-order valence-electron chi connectivity index (χ3n) is 3.07. The van der Waals surface area contributed by atoms with Gasteiger partial charge in [0, 0.05) is 0 Å². The maximum atomic E-state index is 10.8. The van der Waals surface area contributed by atoms with Crippen molar-refractivity contribution in [3.8, 4) is 11.5 Å². The fraction of sp³-hybridized carbons (Fsp3) is 0.188. The Labute approximate surface area is 127 Å². The summed E-state index contributed by atoms with van der Waals surface area (Å²) in [7, 11) is 1.52. The van der Waals surface area contributed by atoms with Crippen LogP contribution in [0, 0.1) is 4.91 Å². The Bertz CT molecular complexity index is 667. The van der Waals surface area contributed by atoms with E-state index < -0.39 is 5.97 Å². The van der Waals surface area contributed by atoms with E-state index in [0.29, 0.717) is 11.5 Å². The summed E-state index contributed by atoms with van der Waals surface area (Å²) in [6.45, 7) is 0.356. The van der Waals surface area contributed by atoms with Crippen LogP contribution in [0.25, 0.3) is 0 Å². The molecule has 22 heavy (non-hydrogen) atoms. The molecule has 0 saturated carbocycles. The first-order valence-electron chi connectivity index (χ1n) is 6.55. The molecule has 0 aromatic heterocycles. The van der Waals surface area contributed by atoms with Crippen molar-refractivity contribution in [2.75, 3.05) is 7.11 Å². The van der Waals surface area contributed by atoms with Gasteiger partial charge in [-0.05, 0) is 35.4 Å². The van der Waals surface area contributed by atoms with Gasteiger partial charge in [-0.1, -0.05) is 23.4 Å². The Morgan fingerprint density at radius 1 is 1.09 bits per heavy atom. The van der Waals surface area contributed by atoms with Gasteiger partial charge in [-0.15, -0.1) is 0 Å². The molecule has 6 nitrogen and oxygen atoms in total. The molecule has 0 spiro atoms. The molecule has 0 fully saturated rings. The van der Waals surface area contributed by atoms with Crippen molar-refractivity contribution in [3.63, 3.8) is 0 Å². The van der Waals surface area contributed by atoms with Crippen LogP contribution in [0.15, 0.2) is 47.6 Å². The van der Waals surface area contributed by atoms with Crippen LogP contribution in [0.2, 0.25) is 0 Å². The SMILES string of the molecule is COc1cc(CN=O)ccc1OCc1ccc(C(=O)O)cc1. The van der Waals surface area contributed by atoms with E-state index in [1.54, 1.807) is 30.3 Å². The molecule has 0 aliphatic rings. The number of hydrogen-bond donors (Lipinski definition) is 1. The Morgan fingerprint density at radius 2 is 1.77 bits per heavy atom. The highest BCUT2D eigenvalue weighted by Gasteiger charge is 2.07. The predicted molar refractivity (Wildman–Crippen MR) is 80.2 cm³/mol. The van der Waals surface area contributed by atoms with Gasteiger partial charge in [-0.2, -0.15) is 4.91 Å². The number of ether oxygens (including phenoxy) is 2. The molecular weight excluding hydrogens is 286 g/mol. The quantitative estimate of drug-likeness (QED) is 0.793. The number of benzene rings is 2. The number of carbonyl (C=O) groups is 1. The van der Waals surface area contributed by atoms with Gasteiger partial charge >= 0.3 is 5.97 Å². The Hall–Kier alpha value is -2.89. The minimum atomic E-state index is -0.964. The zero-order chi connectivity index (χ0) is 15.9. The molecule has 0 heterocycles. The first kappa shape index (κ1) is 15.5. The molecule has 0 saturated heterocycles. The van der Waals surface area contributed by atoms with Gasteiger partial charge < -0.3 is 14.6 Å². The monoisotopic (exact) mass is 301 g/mol. The number of nitroso groups, excluding NO2 is 1. The van der Waals surface area contributed by atoms with Crippen molar-refractivity contribution in [3.05, 3.63) is 64.1 Å². The molecule has 1 N–H and O–H groups in total. The smallest absolute Gasteiger partial charge is 0.335 e. The summed E-state index contributed by atoms with van der Waals surface area (Å²) in [6.07, 6.45) is 0. The second kappa shape index (κ2) is 7.21. The summed E-state index contributed by atoms with van der Waals surface area (Å²) in [5.41, 5.74) is 1.81. The van der Waals surface area contributed by atoms with Gasteiger partial charge in [0.05, 0.1) is 12.7 Å². The van der Waals surface area contributed by atoms with Crippen LogP contribution in [-0.2, 0) is 13.2 Å². The van der Waals surface area contributed by atoms with Crippen molar-refractivity contribution in [1.29, 1.82) is 0 Å². The van der Waals surface area contributed by atoms with Crippen LogP contribution in [0.1, 0.15) is 21.5 Å². The van der Waals surface area contributed by atoms with E-state index in [1.165, 1.54) is 19.2 Å². The number of carboxylic acids is 1. The van der Waals surface area contributed by atoms with Crippen LogP contribution in [0.3, 0.4) is 0 Å². The van der Waals surface area contributed by atoms with Gasteiger partial charge in [-0.25, -0.2) is 4.79 Å². The number of hydrogen-bond acceptors (Lipinski definition) is 5. The Balaban J connectivity index is 2.07. The highest BCUT2D eigenvalue weighted by Crippen LogP contribution is 2.29. The van der Waals surface area contributed by atoms with Gasteiger partial charge in [0.2, 0.25) is 0 Å². The lowest BCUT2D eigenvalue weighted by Crippen LogP contribution is -2.00. The van der Waals surface area contributed by atoms with Gasteiger partial charge in [0.25, 0.3) is 0 Å². The number of nitrogens with zero attached hydrogens (tertiary/aromatic N) is 1. The summed E-state index contributed by atoms with van der Waals surface area (Å²) in [4.78, 5) is 21.1. The van der Waals surface area contributed by atoms with E-state index in [9.17, 15) is 9.70 Å². The topological polar surface area (TPSA) is 85.2 Å². The van der Waals surface area contributed by atoms with Crippen LogP contribution < -0.4 is 9.47 Å². The van der Waals surface area contributed by atoms with E-state index in [0.717, 1.165) is 11.1 Å². The molecular formula is C16H15NO5. The summed E-state index contributed by atoms with van der Waals surface area (Å²) in [5, 5.41) is 11.7. The minimum absolute atomic E-state index is 0.0767. The van der Waals surface area contributed by atoms with Gasteiger partial charge in [0.1, 0.15) is 13.2 Å². The predicted octanol–water partition coefficient (Wildman–Crippen LogP) is 3.24. The average Bonchev–Trinajstić information content (AvgIpc) is 2.54. The fourth-order valence-electron chi connectivity index (χ4n) is 1.91.